The molecule has 0 heterocycles. The van der Waals surface area contributed by atoms with Crippen molar-refractivity contribution in [3.8, 4) is 0 Å². The van der Waals surface area contributed by atoms with Gasteiger partial charge >= 0.3 is 0 Å². The molecule has 23 heavy (non-hydrogen) atoms. The van der Waals surface area contributed by atoms with Crippen LogP contribution >= 0.6 is 7.26 Å². The van der Waals surface area contributed by atoms with Gasteiger partial charge in [-0.15, -0.1) is 0 Å². The maximum atomic E-state index is 11.6. The Morgan fingerprint density at radius 3 is 1.61 bits per heavy atom. The third kappa shape index (κ3) is 3.22. The Kier molecular flexibility index (Phi) is 5.71. The number of rotatable bonds is 4. The summed E-state index contributed by atoms with van der Waals surface area (Å²) in [4.78, 5) is 11.6. The third-order valence-corrected chi connectivity index (χ3v) is 8.12. The van der Waals surface area contributed by atoms with Gasteiger partial charge in [-0.25, -0.2) is 0 Å². The summed E-state index contributed by atoms with van der Waals surface area (Å²) in [5.41, 5.74) is 0.783. The van der Waals surface area contributed by atoms with Gasteiger partial charge in [0.25, 0.3) is 0 Å². The lowest BCUT2D eigenvalue weighted by Crippen LogP contribution is -3.00. The van der Waals surface area contributed by atoms with Crippen LogP contribution in [0.4, 0.5) is 0 Å². The number of carbonyl (C=O) groups excluding carboxylic acids is 1. The highest BCUT2D eigenvalue weighted by Crippen LogP contribution is 2.51. The van der Waals surface area contributed by atoms with E-state index < -0.39 is 7.26 Å². The molecule has 0 aliphatic carbocycles. The van der Waals surface area contributed by atoms with E-state index in [-0.39, 0.29) is 12.4 Å². The van der Waals surface area contributed by atoms with Gasteiger partial charge in [-0.05, 0) is 36.4 Å². The van der Waals surface area contributed by atoms with Crippen LogP contribution in [0.2, 0.25) is 0 Å². The summed E-state index contributed by atoms with van der Waals surface area (Å²) in [7, 11) is -1.81. The summed E-state index contributed by atoms with van der Waals surface area (Å²) in [6.07, 6.45) is 0.972. The Bertz CT molecular complexity index is 732. The fraction of sp³-hybridized carbons (Fsp3) is 0.0500. The van der Waals surface area contributed by atoms with E-state index in [0.29, 0.717) is 0 Å². The monoisotopic (exact) mass is 340 g/mol. The first-order valence-electron chi connectivity index (χ1n) is 7.29. The van der Waals surface area contributed by atoms with Gasteiger partial charge in [0.15, 0.2) is 6.29 Å². The molecule has 0 N–H and O–H groups in total. The zero-order chi connectivity index (χ0) is 15.4. The van der Waals surface area contributed by atoms with Gasteiger partial charge in [0.05, 0.1) is 12.2 Å². The van der Waals surface area contributed by atoms with E-state index in [0.717, 1.165) is 17.2 Å². The van der Waals surface area contributed by atoms with Crippen molar-refractivity contribution in [2.45, 2.75) is 0 Å². The Morgan fingerprint density at radius 1 is 0.696 bits per heavy atom. The lowest BCUT2D eigenvalue weighted by Gasteiger charge is -2.24. The molecule has 0 saturated carbocycles. The number of carbonyl (C=O) groups is 1. The predicted molar refractivity (Wildman–Crippen MR) is 96.5 cm³/mol. The summed E-state index contributed by atoms with van der Waals surface area (Å²) in [5.74, 6) is 0. The molecule has 116 valence electrons. The summed E-state index contributed by atoms with van der Waals surface area (Å²) >= 11 is 0. The van der Waals surface area contributed by atoms with Gasteiger partial charge in [0, 0.05) is 0 Å². The van der Waals surface area contributed by atoms with E-state index in [2.05, 4.69) is 61.3 Å². The molecule has 0 radical (unpaired) electrons. The molecule has 3 rings (SSSR count). The minimum Gasteiger partial charge on any atom is -1.00 e. The van der Waals surface area contributed by atoms with E-state index in [1.165, 1.54) is 10.6 Å². The molecule has 3 aromatic rings. The Hall–Kier alpha value is -1.95. The van der Waals surface area contributed by atoms with Crippen LogP contribution in [-0.2, 0) is 0 Å². The summed E-state index contributed by atoms with van der Waals surface area (Å²) in [6, 6.07) is 29.0. The topological polar surface area (TPSA) is 17.1 Å². The van der Waals surface area contributed by atoms with Crippen LogP contribution in [0, 0.1) is 0 Å². The fourth-order valence-electron chi connectivity index (χ4n) is 2.87. The van der Waals surface area contributed by atoms with E-state index in [9.17, 15) is 4.79 Å². The molecule has 1 nitrogen and oxygen atoms in total. The lowest BCUT2D eigenvalue weighted by molar-refractivity contribution is -0.0000107. The van der Waals surface area contributed by atoms with Crippen LogP contribution in [0.1, 0.15) is 10.4 Å². The molecule has 0 fully saturated rings. The first-order chi connectivity index (χ1) is 10.8. The quantitative estimate of drug-likeness (QED) is 0.497. The number of benzene rings is 3. The highest BCUT2D eigenvalue weighted by atomic mass is 35.5. The Morgan fingerprint density at radius 2 is 1.13 bits per heavy atom. The van der Waals surface area contributed by atoms with E-state index in [1.807, 2.05) is 30.3 Å². The normalized spacial score (nSPS) is 10.7. The number of hydrogen-bond donors (Lipinski definition) is 0. The Labute approximate surface area is 144 Å². The second-order valence-electron chi connectivity index (χ2n) is 5.35. The number of hydrogen-bond acceptors (Lipinski definition) is 1. The largest absolute Gasteiger partial charge is 1.00 e. The van der Waals surface area contributed by atoms with Gasteiger partial charge < -0.3 is 12.4 Å². The van der Waals surface area contributed by atoms with Crippen molar-refractivity contribution < 1.29 is 17.2 Å². The van der Waals surface area contributed by atoms with E-state index >= 15 is 0 Å². The summed E-state index contributed by atoms with van der Waals surface area (Å²) < 4.78 is 0. The smallest absolute Gasteiger partial charge is 0.154 e. The maximum absolute atomic E-state index is 11.6. The first-order valence-corrected chi connectivity index (χ1v) is 9.53. The standard InChI is InChI=1S/C20H18OP.ClH/c1-22(18-11-4-2-5-12-18,19-13-6-3-7-14-19)20-15-9-8-10-17(20)16-21;/h2-16H,1H3;1H/q+1;/p-1. The van der Waals surface area contributed by atoms with Crippen LogP contribution in [0.15, 0.2) is 84.9 Å². The van der Waals surface area contributed by atoms with Crippen molar-refractivity contribution in [2.75, 3.05) is 6.66 Å². The van der Waals surface area contributed by atoms with Crippen LogP contribution in [0.25, 0.3) is 0 Å². The van der Waals surface area contributed by atoms with Crippen molar-refractivity contribution in [1.82, 2.24) is 0 Å². The van der Waals surface area contributed by atoms with Crippen molar-refractivity contribution in [3.63, 3.8) is 0 Å². The number of halogens is 1. The highest BCUT2D eigenvalue weighted by molar-refractivity contribution is 7.95. The highest BCUT2D eigenvalue weighted by Gasteiger charge is 2.41. The van der Waals surface area contributed by atoms with Gasteiger partial charge in [-0.3, -0.25) is 4.79 Å². The van der Waals surface area contributed by atoms with Crippen LogP contribution in [0.3, 0.4) is 0 Å². The zero-order valence-corrected chi connectivity index (χ0v) is 14.5. The van der Waals surface area contributed by atoms with Crippen molar-refractivity contribution in [2.24, 2.45) is 0 Å². The molecule has 3 aromatic carbocycles. The van der Waals surface area contributed by atoms with Crippen molar-refractivity contribution >= 4 is 29.5 Å². The molecule has 0 atom stereocenters. The molecule has 0 spiro atoms. The molecule has 0 aromatic heterocycles. The molecule has 0 saturated heterocycles. The van der Waals surface area contributed by atoms with Gasteiger partial charge in [0.1, 0.15) is 23.2 Å². The molecular weight excluding hydrogens is 323 g/mol. The van der Waals surface area contributed by atoms with Gasteiger partial charge in [0.2, 0.25) is 0 Å². The van der Waals surface area contributed by atoms with Gasteiger partial charge in [-0.2, -0.15) is 0 Å². The van der Waals surface area contributed by atoms with E-state index in [4.69, 9.17) is 0 Å². The summed E-state index contributed by atoms with van der Waals surface area (Å²) in [6.45, 7) is 2.29. The van der Waals surface area contributed by atoms with E-state index in [1.54, 1.807) is 0 Å². The molecule has 0 unspecified atom stereocenters. The van der Waals surface area contributed by atoms with Crippen molar-refractivity contribution in [1.29, 1.82) is 0 Å². The summed E-state index contributed by atoms with van der Waals surface area (Å²) in [5, 5.41) is 3.72. The molecule has 0 aliphatic heterocycles. The van der Waals surface area contributed by atoms with Crippen LogP contribution < -0.4 is 28.3 Å². The molecule has 0 amide bonds. The zero-order valence-electron chi connectivity index (χ0n) is 12.9. The second-order valence-corrected chi connectivity index (χ2v) is 8.88. The minimum absolute atomic E-state index is 0. The third-order valence-electron chi connectivity index (χ3n) is 4.09. The van der Waals surface area contributed by atoms with Crippen LogP contribution in [-0.4, -0.2) is 13.0 Å². The first kappa shape index (κ1) is 17.4. The SMILES string of the molecule is C[P+](c1ccccc1)(c1ccccc1)c1ccccc1C=O.[Cl-]. The van der Waals surface area contributed by atoms with Crippen LogP contribution in [0.5, 0.6) is 0 Å². The predicted octanol–water partition coefficient (Wildman–Crippen LogP) is 0.427. The molecule has 0 aliphatic rings. The van der Waals surface area contributed by atoms with Gasteiger partial charge in [-0.1, -0.05) is 48.5 Å². The van der Waals surface area contributed by atoms with Crippen molar-refractivity contribution in [3.05, 3.63) is 90.5 Å². The average molecular weight is 341 g/mol. The minimum atomic E-state index is -1.81. The molecule has 3 heteroatoms. The number of aldehydes is 1. The second kappa shape index (κ2) is 7.55. The molecule has 0 bridgehead atoms. The maximum Gasteiger partial charge on any atom is 0.154 e. The Balaban J connectivity index is 0.00000192. The fourth-order valence-corrected chi connectivity index (χ4v) is 6.29. The average Bonchev–Trinajstić information content (AvgIpc) is 2.62. The lowest BCUT2D eigenvalue weighted by atomic mass is 10.2. The molecular formula is C20H18ClOP.